The van der Waals surface area contributed by atoms with Gasteiger partial charge in [0.05, 0.1) is 48.3 Å². The van der Waals surface area contributed by atoms with E-state index < -0.39 is 11.8 Å². The van der Waals surface area contributed by atoms with Gasteiger partial charge in [0.1, 0.15) is 5.75 Å². The molecule has 0 heterocycles. The summed E-state index contributed by atoms with van der Waals surface area (Å²) in [5.41, 5.74) is 3.23. The highest BCUT2D eigenvalue weighted by atomic mass is 16.5. The SMILES string of the molecule is COc1cc(OC)c(OC)cc1C=NNC(=O)CNC(=O)c1ccc(OC)c(OC)c1. The van der Waals surface area contributed by atoms with Gasteiger partial charge in [0, 0.05) is 17.2 Å². The van der Waals surface area contributed by atoms with E-state index in [1.807, 2.05) is 0 Å². The minimum Gasteiger partial charge on any atom is -0.496 e. The van der Waals surface area contributed by atoms with Gasteiger partial charge in [-0.25, -0.2) is 5.43 Å². The van der Waals surface area contributed by atoms with Crippen LogP contribution in [0.5, 0.6) is 28.7 Å². The average Bonchev–Trinajstić information content (AvgIpc) is 2.81. The highest BCUT2D eigenvalue weighted by molar-refractivity contribution is 5.97. The largest absolute Gasteiger partial charge is 0.496 e. The molecule has 2 amide bonds. The molecule has 166 valence electrons. The molecule has 0 unspecified atom stereocenters. The summed E-state index contributed by atoms with van der Waals surface area (Å²) in [6.45, 7) is -0.270. The van der Waals surface area contributed by atoms with Crippen molar-refractivity contribution in [2.45, 2.75) is 0 Å². The van der Waals surface area contributed by atoms with Gasteiger partial charge in [-0.2, -0.15) is 5.10 Å². The summed E-state index contributed by atoms with van der Waals surface area (Å²) >= 11 is 0. The fourth-order valence-electron chi connectivity index (χ4n) is 2.61. The molecule has 10 nitrogen and oxygen atoms in total. The second-order valence-electron chi connectivity index (χ2n) is 5.99. The van der Waals surface area contributed by atoms with Crippen LogP contribution in [0.3, 0.4) is 0 Å². The molecular formula is C21H25N3O7. The molecule has 0 aromatic heterocycles. The molecular weight excluding hydrogens is 406 g/mol. The number of benzene rings is 2. The smallest absolute Gasteiger partial charge is 0.259 e. The lowest BCUT2D eigenvalue weighted by Gasteiger charge is -2.11. The fourth-order valence-corrected chi connectivity index (χ4v) is 2.61. The highest BCUT2D eigenvalue weighted by Gasteiger charge is 2.13. The first kappa shape index (κ1) is 23.3. The van der Waals surface area contributed by atoms with Gasteiger partial charge in [-0.1, -0.05) is 0 Å². The van der Waals surface area contributed by atoms with E-state index in [1.165, 1.54) is 47.8 Å². The van der Waals surface area contributed by atoms with Crippen molar-refractivity contribution in [3.05, 3.63) is 41.5 Å². The lowest BCUT2D eigenvalue weighted by Crippen LogP contribution is -2.34. The first-order valence-corrected chi connectivity index (χ1v) is 9.09. The number of nitrogens with one attached hydrogen (secondary N) is 2. The molecule has 0 saturated heterocycles. The summed E-state index contributed by atoms with van der Waals surface area (Å²) in [5, 5.41) is 6.40. The van der Waals surface area contributed by atoms with Gasteiger partial charge in [-0.05, 0) is 24.3 Å². The zero-order valence-corrected chi connectivity index (χ0v) is 18.0. The molecule has 2 aromatic carbocycles. The number of carbonyl (C=O) groups is 2. The van der Waals surface area contributed by atoms with Crippen LogP contribution in [-0.4, -0.2) is 60.1 Å². The third-order valence-corrected chi connectivity index (χ3v) is 4.18. The Morgan fingerprint density at radius 1 is 0.806 bits per heavy atom. The van der Waals surface area contributed by atoms with Gasteiger partial charge in [-0.3, -0.25) is 9.59 Å². The van der Waals surface area contributed by atoms with Crippen molar-refractivity contribution in [2.75, 3.05) is 42.1 Å². The predicted octanol–water partition coefficient (Wildman–Crippen LogP) is 1.61. The number of hydrogen-bond donors (Lipinski definition) is 2. The summed E-state index contributed by atoms with van der Waals surface area (Å²) in [4.78, 5) is 24.3. The maximum absolute atomic E-state index is 12.3. The fraction of sp³-hybridized carbons (Fsp3) is 0.286. The normalized spacial score (nSPS) is 10.4. The molecule has 0 bridgehead atoms. The lowest BCUT2D eigenvalue weighted by atomic mass is 10.2. The molecule has 0 aliphatic carbocycles. The molecule has 0 saturated carbocycles. The Morgan fingerprint density at radius 2 is 1.39 bits per heavy atom. The zero-order chi connectivity index (χ0) is 22.8. The standard InChI is InChI=1S/C21H25N3O7/c1-27-15-7-6-13(8-17(15)29-3)21(26)22-12-20(25)24-23-11-14-9-18(30-4)19(31-5)10-16(14)28-2/h6-11H,12H2,1-5H3,(H,22,26)(H,24,25). The number of rotatable bonds is 10. The van der Waals surface area contributed by atoms with Crippen LogP contribution in [0.1, 0.15) is 15.9 Å². The summed E-state index contributed by atoms with van der Waals surface area (Å²) in [5.74, 6) is 1.42. The number of ether oxygens (including phenoxy) is 5. The maximum atomic E-state index is 12.3. The Balaban J connectivity index is 1.96. The molecule has 0 aliphatic heterocycles. The summed E-state index contributed by atoms with van der Waals surface area (Å²) in [6.07, 6.45) is 1.40. The summed E-state index contributed by atoms with van der Waals surface area (Å²) in [6, 6.07) is 8.00. The maximum Gasteiger partial charge on any atom is 0.259 e. The molecule has 0 spiro atoms. The lowest BCUT2D eigenvalue weighted by molar-refractivity contribution is -0.120. The van der Waals surface area contributed by atoms with E-state index in [2.05, 4.69) is 15.8 Å². The number of methoxy groups -OCH3 is 5. The number of hydrazone groups is 1. The van der Waals surface area contributed by atoms with E-state index in [9.17, 15) is 9.59 Å². The van der Waals surface area contributed by atoms with Crippen LogP contribution in [0.4, 0.5) is 0 Å². The number of amides is 2. The Bertz CT molecular complexity index is 960. The van der Waals surface area contributed by atoms with Gasteiger partial charge >= 0.3 is 0 Å². The first-order chi connectivity index (χ1) is 15.0. The molecule has 2 aromatic rings. The van der Waals surface area contributed by atoms with Crippen molar-refractivity contribution < 1.29 is 33.3 Å². The van der Waals surface area contributed by atoms with Crippen molar-refractivity contribution in [2.24, 2.45) is 5.10 Å². The Morgan fingerprint density at radius 3 is 2.00 bits per heavy atom. The van der Waals surface area contributed by atoms with Crippen LogP contribution in [0.2, 0.25) is 0 Å². The predicted molar refractivity (Wildman–Crippen MR) is 114 cm³/mol. The van der Waals surface area contributed by atoms with Crippen LogP contribution < -0.4 is 34.4 Å². The minimum absolute atomic E-state index is 0.270. The minimum atomic E-state index is -0.510. The first-order valence-electron chi connectivity index (χ1n) is 9.09. The molecule has 10 heteroatoms. The van der Waals surface area contributed by atoms with E-state index in [1.54, 1.807) is 24.3 Å². The van der Waals surface area contributed by atoms with Gasteiger partial charge in [0.25, 0.3) is 11.8 Å². The van der Waals surface area contributed by atoms with Gasteiger partial charge in [0.15, 0.2) is 23.0 Å². The number of carbonyl (C=O) groups excluding carboxylic acids is 2. The summed E-state index contributed by atoms with van der Waals surface area (Å²) in [7, 11) is 7.50. The van der Waals surface area contributed by atoms with E-state index in [-0.39, 0.29) is 6.54 Å². The Kier molecular flexibility index (Phi) is 8.50. The van der Waals surface area contributed by atoms with Gasteiger partial charge < -0.3 is 29.0 Å². The van der Waals surface area contributed by atoms with Gasteiger partial charge in [-0.15, -0.1) is 0 Å². The molecule has 2 N–H and O–H groups in total. The van der Waals surface area contributed by atoms with Crippen LogP contribution in [0.15, 0.2) is 35.4 Å². The average molecular weight is 431 g/mol. The van der Waals surface area contributed by atoms with Crippen LogP contribution in [0.25, 0.3) is 0 Å². The third-order valence-electron chi connectivity index (χ3n) is 4.18. The molecule has 0 radical (unpaired) electrons. The van der Waals surface area contributed by atoms with Crippen LogP contribution >= 0.6 is 0 Å². The topological polar surface area (TPSA) is 117 Å². The molecule has 31 heavy (non-hydrogen) atoms. The van der Waals surface area contributed by atoms with Crippen molar-refractivity contribution in [1.29, 1.82) is 0 Å². The number of nitrogens with zero attached hydrogens (tertiary/aromatic N) is 1. The second kappa shape index (κ2) is 11.3. The molecule has 0 fully saturated rings. The van der Waals surface area contributed by atoms with E-state index in [4.69, 9.17) is 23.7 Å². The third kappa shape index (κ3) is 6.01. The van der Waals surface area contributed by atoms with Crippen molar-refractivity contribution >= 4 is 18.0 Å². The number of hydrogen-bond acceptors (Lipinski definition) is 8. The molecule has 2 rings (SSSR count). The van der Waals surface area contributed by atoms with E-state index in [0.29, 0.717) is 39.9 Å². The highest BCUT2D eigenvalue weighted by Crippen LogP contribution is 2.33. The van der Waals surface area contributed by atoms with Crippen LogP contribution in [-0.2, 0) is 4.79 Å². The van der Waals surface area contributed by atoms with Crippen molar-refractivity contribution in [1.82, 2.24) is 10.7 Å². The van der Waals surface area contributed by atoms with Gasteiger partial charge in [0.2, 0.25) is 0 Å². The van der Waals surface area contributed by atoms with Crippen molar-refractivity contribution in [3.8, 4) is 28.7 Å². The second-order valence-corrected chi connectivity index (χ2v) is 5.99. The Labute approximate surface area is 180 Å². The summed E-state index contributed by atoms with van der Waals surface area (Å²) < 4.78 is 26.1. The Hall–Kier alpha value is -3.95. The van der Waals surface area contributed by atoms with E-state index >= 15 is 0 Å². The van der Waals surface area contributed by atoms with E-state index in [0.717, 1.165) is 0 Å². The molecule has 0 aliphatic rings. The molecule has 0 atom stereocenters. The van der Waals surface area contributed by atoms with Crippen LogP contribution in [0, 0.1) is 0 Å². The van der Waals surface area contributed by atoms with Crippen molar-refractivity contribution in [3.63, 3.8) is 0 Å². The zero-order valence-electron chi connectivity index (χ0n) is 18.0. The monoisotopic (exact) mass is 431 g/mol. The quantitative estimate of drug-likeness (QED) is 0.434.